The van der Waals surface area contributed by atoms with Gasteiger partial charge in [-0.25, -0.2) is 0 Å². The zero-order valence-electron chi connectivity index (χ0n) is 12.6. The summed E-state index contributed by atoms with van der Waals surface area (Å²) >= 11 is 0. The van der Waals surface area contributed by atoms with Crippen LogP contribution in [-0.2, 0) is 0 Å². The van der Waals surface area contributed by atoms with Crippen molar-refractivity contribution in [1.82, 2.24) is 10.2 Å². The molecule has 1 heterocycles. The number of nitrogens with zero attached hydrogens (tertiary/aromatic N) is 1. The molecule has 0 amide bonds. The Morgan fingerprint density at radius 2 is 1.95 bits per heavy atom. The van der Waals surface area contributed by atoms with Crippen molar-refractivity contribution in [3.8, 4) is 22.6 Å². The summed E-state index contributed by atoms with van der Waals surface area (Å²) in [5, 5.41) is 7.32. The van der Waals surface area contributed by atoms with Crippen molar-refractivity contribution in [3.05, 3.63) is 23.9 Å². The van der Waals surface area contributed by atoms with Gasteiger partial charge in [0.05, 0.1) is 14.2 Å². The fraction of sp³-hybridized carbons (Fsp3) is 0.438. The van der Waals surface area contributed by atoms with Gasteiger partial charge in [0.2, 0.25) is 0 Å². The molecule has 1 aliphatic carbocycles. The Labute approximate surface area is 124 Å². The highest BCUT2D eigenvalue weighted by Gasteiger charge is 2.32. The van der Waals surface area contributed by atoms with Gasteiger partial charge in [-0.1, -0.05) is 13.0 Å². The minimum Gasteiger partial charge on any atom is -0.493 e. The van der Waals surface area contributed by atoms with Crippen molar-refractivity contribution >= 4 is 5.82 Å². The molecule has 1 fully saturated rings. The van der Waals surface area contributed by atoms with Gasteiger partial charge in [-0.05, 0) is 36.5 Å². The van der Waals surface area contributed by atoms with E-state index in [1.807, 2.05) is 18.2 Å². The molecule has 1 saturated carbocycles. The minimum absolute atomic E-state index is 0.442. The summed E-state index contributed by atoms with van der Waals surface area (Å²) in [6.45, 7) is 2.23. The fourth-order valence-corrected chi connectivity index (χ4v) is 2.83. The maximum Gasteiger partial charge on any atom is 0.161 e. The van der Waals surface area contributed by atoms with E-state index >= 15 is 0 Å². The second-order valence-electron chi connectivity index (χ2n) is 5.59. The van der Waals surface area contributed by atoms with E-state index in [0.717, 1.165) is 22.7 Å². The first-order valence-corrected chi connectivity index (χ1v) is 7.21. The number of hydrogen-bond donors (Lipinski definition) is 2. The average molecular weight is 287 g/mol. The highest BCUT2D eigenvalue weighted by molar-refractivity contribution is 5.78. The van der Waals surface area contributed by atoms with E-state index in [2.05, 4.69) is 17.1 Å². The van der Waals surface area contributed by atoms with E-state index in [0.29, 0.717) is 23.2 Å². The molecule has 0 radical (unpaired) electrons. The topological polar surface area (TPSA) is 73.2 Å². The van der Waals surface area contributed by atoms with Crippen molar-refractivity contribution in [2.75, 3.05) is 20.0 Å². The van der Waals surface area contributed by atoms with E-state index < -0.39 is 0 Å². The van der Waals surface area contributed by atoms with Crippen LogP contribution in [0.4, 0.5) is 5.82 Å². The summed E-state index contributed by atoms with van der Waals surface area (Å²) in [5.74, 6) is 3.12. The van der Waals surface area contributed by atoms with Crippen molar-refractivity contribution in [2.24, 2.45) is 5.92 Å². The molecule has 1 atom stereocenters. The van der Waals surface area contributed by atoms with Gasteiger partial charge in [0.25, 0.3) is 0 Å². The number of nitrogens with one attached hydrogen (secondary N) is 1. The first kappa shape index (κ1) is 13.8. The van der Waals surface area contributed by atoms with Crippen LogP contribution in [0.15, 0.2) is 18.2 Å². The number of aromatic nitrogens is 2. The molecule has 1 aromatic carbocycles. The number of hydrogen-bond acceptors (Lipinski definition) is 4. The van der Waals surface area contributed by atoms with Gasteiger partial charge in [0.15, 0.2) is 17.3 Å². The smallest absolute Gasteiger partial charge is 0.161 e. The Kier molecular flexibility index (Phi) is 3.49. The van der Waals surface area contributed by atoms with Gasteiger partial charge in [-0.15, -0.1) is 0 Å². The minimum atomic E-state index is 0.442. The van der Waals surface area contributed by atoms with E-state index in [1.165, 1.54) is 12.8 Å². The number of nitrogen functional groups attached to an aromatic ring is 1. The molecule has 0 saturated heterocycles. The fourth-order valence-electron chi connectivity index (χ4n) is 2.83. The van der Waals surface area contributed by atoms with Crippen LogP contribution in [0.3, 0.4) is 0 Å². The number of rotatable bonds is 5. The quantitative estimate of drug-likeness (QED) is 0.885. The molecule has 0 bridgehead atoms. The Balaban J connectivity index is 2.05. The van der Waals surface area contributed by atoms with Gasteiger partial charge in [-0.3, -0.25) is 5.10 Å². The van der Waals surface area contributed by atoms with Crippen LogP contribution in [0.5, 0.6) is 11.5 Å². The maximum absolute atomic E-state index is 6.08. The third-order valence-electron chi connectivity index (χ3n) is 4.28. The molecule has 3 rings (SSSR count). The van der Waals surface area contributed by atoms with Crippen LogP contribution in [0.1, 0.15) is 31.4 Å². The molecule has 0 aliphatic heterocycles. The molecule has 112 valence electrons. The Morgan fingerprint density at radius 3 is 2.57 bits per heavy atom. The van der Waals surface area contributed by atoms with Gasteiger partial charge >= 0.3 is 0 Å². The monoisotopic (exact) mass is 287 g/mol. The molecular formula is C16H21N3O2. The molecule has 1 unspecified atom stereocenters. The van der Waals surface area contributed by atoms with Crippen LogP contribution in [0.2, 0.25) is 0 Å². The zero-order valence-corrected chi connectivity index (χ0v) is 12.6. The normalized spacial score (nSPS) is 15.8. The Bertz CT molecular complexity index is 647. The van der Waals surface area contributed by atoms with Crippen molar-refractivity contribution < 1.29 is 9.47 Å². The summed E-state index contributed by atoms with van der Waals surface area (Å²) in [4.78, 5) is 0. The maximum atomic E-state index is 6.08. The van der Waals surface area contributed by atoms with Gasteiger partial charge < -0.3 is 15.2 Å². The van der Waals surface area contributed by atoms with E-state index in [4.69, 9.17) is 15.2 Å². The number of aromatic amines is 1. The summed E-state index contributed by atoms with van der Waals surface area (Å²) in [7, 11) is 3.26. The summed E-state index contributed by atoms with van der Waals surface area (Å²) in [5.41, 5.74) is 9.18. The zero-order chi connectivity index (χ0) is 15.0. The van der Waals surface area contributed by atoms with E-state index in [-0.39, 0.29) is 0 Å². The highest BCUT2D eigenvalue weighted by Crippen LogP contribution is 2.46. The number of H-pyrrole nitrogens is 1. The highest BCUT2D eigenvalue weighted by atomic mass is 16.5. The third-order valence-corrected chi connectivity index (χ3v) is 4.28. The van der Waals surface area contributed by atoms with Gasteiger partial charge in [0, 0.05) is 17.2 Å². The van der Waals surface area contributed by atoms with Crippen LogP contribution in [0.25, 0.3) is 11.1 Å². The van der Waals surface area contributed by atoms with Gasteiger partial charge in [0.1, 0.15) is 0 Å². The predicted octanol–water partition coefficient (Wildman–Crippen LogP) is 3.19. The summed E-state index contributed by atoms with van der Waals surface area (Å²) in [6, 6.07) is 5.83. The van der Waals surface area contributed by atoms with Crippen molar-refractivity contribution in [3.63, 3.8) is 0 Å². The van der Waals surface area contributed by atoms with Gasteiger partial charge in [-0.2, -0.15) is 5.10 Å². The number of anilines is 1. The number of nitrogens with two attached hydrogens (primary N) is 1. The standard InChI is InChI=1S/C16H21N3O2/c1-9(10-4-5-10)15-14(16(17)19-18-15)11-6-7-12(20-2)13(8-11)21-3/h6-10H,4-5H2,1-3H3,(H3,17,18,19). The summed E-state index contributed by atoms with van der Waals surface area (Å²) in [6.07, 6.45) is 2.57. The third kappa shape index (κ3) is 2.44. The second-order valence-corrected chi connectivity index (χ2v) is 5.59. The molecular weight excluding hydrogens is 266 g/mol. The molecule has 21 heavy (non-hydrogen) atoms. The Morgan fingerprint density at radius 1 is 1.24 bits per heavy atom. The molecule has 5 heteroatoms. The molecule has 1 aromatic heterocycles. The van der Waals surface area contributed by atoms with E-state index in [1.54, 1.807) is 14.2 Å². The molecule has 1 aliphatic rings. The van der Waals surface area contributed by atoms with E-state index in [9.17, 15) is 0 Å². The first-order chi connectivity index (χ1) is 10.2. The lowest BCUT2D eigenvalue weighted by Gasteiger charge is -2.13. The number of methoxy groups -OCH3 is 2. The van der Waals surface area contributed by atoms with Crippen molar-refractivity contribution in [1.29, 1.82) is 0 Å². The van der Waals surface area contributed by atoms with Crippen LogP contribution >= 0.6 is 0 Å². The van der Waals surface area contributed by atoms with Crippen molar-refractivity contribution in [2.45, 2.75) is 25.7 Å². The summed E-state index contributed by atoms with van der Waals surface area (Å²) < 4.78 is 10.7. The van der Waals surface area contributed by atoms with Crippen LogP contribution < -0.4 is 15.2 Å². The molecule has 2 aromatic rings. The lowest BCUT2D eigenvalue weighted by molar-refractivity contribution is 0.355. The molecule has 5 nitrogen and oxygen atoms in total. The predicted molar refractivity (Wildman–Crippen MR) is 82.7 cm³/mol. The largest absolute Gasteiger partial charge is 0.493 e. The van der Waals surface area contributed by atoms with Crippen LogP contribution in [-0.4, -0.2) is 24.4 Å². The molecule has 0 spiro atoms. The van der Waals surface area contributed by atoms with Crippen LogP contribution in [0, 0.1) is 5.92 Å². The first-order valence-electron chi connectivity index (χ1n) is 7.21. The SMILES string of the molecule is COc1ccc(-c2c(N)n[nH]c2C(C)C2CC2)cc1OC. The lowest BCUT2D eigenvalue weighted by Crippen LogP contribution is -1.99. The number of benzene rings is 1. The lowest BCUT2D eigenvalue weighted by atomic mass is 9.94. The number of ether oxygens (including phenoxy) is 2. The second kappa shape index (κ2) is 5.31. The molecule has 3 N–H and O–H groups in total. The average Bonchev–Trinajstić information content (AvgIpc) is 3.28. The Hall–Kier alpha value is -2.17.